The number of benzene rings is 1. The molecule has 0 unspecified atom stereocenters. The average molecular weight is 270 g/mol. The fourth-order valence-electron chi connectivity index (χ4n) is 1.19. The van der Waals surface area contributed by atoms with Crippen molar-refractivity contribution in [2.24, 2.45) is 11.7 Å². The highest BCUT2D eigenvalue weighted by molar-refractivity contribution is 7.90. The van der Waals surface area contributed by atoms with Crippen molar-refractivity contribution in [1.29, 1.82) is 5.41 Å². The number of amidine groups is 1. The van der Waals surface area contributed by atoms with E-state index >= 15 is 0 Å². The summed E-state index contributed by atoms with van der Waals surface area (Å²) in [6, 6.07) is 6.29. The van der Waals surface area contributed by atoms with Gasteiger partial charge in [0.2, 0.25) is 0 Å². The van der Waals surface area contributed by atoms with Gasteiger partial charge in [0, 0.05) is 17.8 Å². The molecule has 0 aliphatic carbocycles. The van der Waals surface area contributed by atoms with Crippen LogP contribution in [0.4, 0.5) is 5.69 Å². The molecule has 6 nitrogen and oxygen atoms in total. The molecule has 0 saturated heterocycles. The highest BCUT2D eigenvalue weighted by Crippen LogP contribution is 2.10. The summed E-state index contributed by atoms with van der Waals surface area (Å²) in [6.45, 7) is 4.22. The molecule has 0 aliphatic rings. The van der Waals surface area contributed by atoms with Gasteiger partial charge < -0.3 is 5.73 Å². The molecule has 0 heterocycles. The van der Waals surface area contributed by atoms with Gasteiger partial charge in [0.15, 0.2) is 0 Å². The molecule has 0 aliphatic heterocycles. The molecule has 0 atom stereocenters. The molecule has 1 aromatic carbocycles. The third kappa shape index (κ3) is 4.72. The number of rotatable bonds is 6. The molecule has 0 bridgehead atoms. The van der Waals surface area contributed by atoms with Gasteiger partial charge in [-0.15, -0.1) is 0 Å². The highest BCUT2D eigenvalue weighted by Gasteiger charge is 2.10. The molecular weight excluding hydrogens is 252 g/mol. The maximum absolute atomic E-state index is 11.6. The van der Waals surface area contributed by atoms with Gasteiger partial charge in [0.1, 0.15) is 5.84 Å². The van der Waals surface area contributed by atoms with Gasteiger partial charge in [-0.25, -0.2) is 0 Å². The summed E-state index contributed by atoms with van der Waals surface area (Å²) in [6.07, 6.45) is 0. The van der Waals surface area contributed by atoms with Crippen molar-refractivity contribution in [3.8, 4) is 0 Å². The SMILES string of the molecule is CC(C)CNS(=O)(=O)Nc1ccc(C(=N)N)cc1. The Labute approximate surface area is 107 Å². The van der Waals surface area contributed by atoms with Crippen LogP contribution in [-0.2, 0) is 10.2 Å². The summed E-state index contributed by atoms with van der Waals surface area (Å²) in [5.74, 6) is 0.184. The molecule has 1 aromatic rings. The molecule has 5 N–H and O–H groups in total. The Kier molecular flexibility index (Phi) is 4.69. The van der Waals surface area contributed by atoms with Crippen molar-refractivity contribution in [1.82, 2.24) is 4.72 Å². The zero-order valence-corrected chi connectivity index (χ0v) is 11.2. The van der Waals surface area contributed by atoms with Gasteiger partial charge in [-0.1, -0.05) is 13.8 Å². The minimum atomic E-state index is -3.55. The van der Waals surface area contributed by atoms with E-state index in [1.54, 1.807) is 24.3 Å². The first-order valence-electron chi connectivity index (χ1n) is 5.52. The predicted octanol–water partition coefficient (Wildman–Crippen LogP) is 0.873. The van der Waals surface area contributed by atoms with Crippen LogP contribution < -0.4 is 15.2 Å². The van der Waals surface area contributed by atoms with E-state index in [2.05, 4.69) is 9.44 Å². The Morgan fingerprint density at radius 2 is 1.89 bits per heavy atom. The lowest BCUT2D eigenvalue weighted by molar-refractivity contribution is 0.565. The second-order valence-electron chi connectivity index (χ2n) is 4.34. The molecule has 0 amide bonds. The smallest absolute Gasteiger partial charge is 0.299 e. The first kappa shape index (κ1) is 14.5. The van der Waals surface area contributed by atoms with E-state index in [0.29, 0.717) is 17.8 Å². The first-order valence-corrected chi connectivity index (χ1v) is 7.00. The van der Waals surface area contributed by atoms with Crippen molar-refractivity contribution >= 4 is 21.7 Å². The maximum atomic E-state index is 11.6. The van der Waals surface area contributed by atoms with Gasteiger partial charge in [0.05, 0.1) is 0 Å². The first-order chi connectivity index (χ1) is 8.30. The summed E-state index contributed by atoms with van der Waals surface area (Å²) in [4.78, 5) is 0. The fourth-order valence-corrected chi connectivity index (χ4v) is 2.26. The number of nitrogen functional groups attached to an aromatic ring is 1. The van der Waals surface area contributed by atoms with Crippen LogP contribution in [0, 0.1) is 11.3 Å². The average Bonchev–Trinajstić information content (AvgIpc) is 2.27. The number of anilines is 1. The Morgan fingerprint density at radius 1 is 1.33 bits per heavy atom. The molecule has 0 saturated carbocycles. The summed E-state index contributed by atoms with van der Waals surface area (Å²) in [5, 5.41) is 7.23. The summed E-state index contributed by atoms with van der Waals surface area (Å²) < 4.78 is 28.1. The van der Waals surface area contributed by atoms with Gasteiger partial charge in [-0.3, -0.25) is 10.1 Å². The molecular formula is C11H18N4O2S. The van der Waals surface area contributed by atoms with Crippen LogP contribution in [0.3, 0.4) is 0 Å². The minimum absolute atomic E-state index is 0.0534. The standard InChI is InChI=1S/C11H18N4O2S/c1-8(2)7-14-18(16,17)15-10-5-3-9(4-6-10)11(12)13/h3-6,8,14-15H,7H2,1-2H3,(H3,12,13). The molecule has 0 spiro atoms. The van der Waals surface area contributed by atoms with Crippen LogP contribution >= 0.6 is 0 Å². The van der Waals surface area contributed by atoms with Crippen molar-refractivity contribution in [3.63, 3.8) is 0 Å². The van der Waals surface area contributed by atoms with Crippen molar-refractivity contribution in [3.05, 3.63) is 29.8 Å². The molecule has 0 aromatic heterocycles. The van der Waals surface area contributed by atoms with Crippen LogP contribution in [-0.4, -0.2) is 20.8 Å². The van der Waals surface area contributed by atoms with Crippen LogP contribution in [0.1, 0.15) is 19.4 Å². The maximum Gasteiger partial charge on any atom is 0.299 e. The fraction of sp³-hybridized carbons (Fsp3) is 0.364. The number of hydrogen-bond acceptors (Lipinski definition) is 3. The molecule has 0 fully saturated rings. The Morgan fingerprint density at radius 3 is 2.33 bits per heavy atom. The van der Waals surface area contributed by atoms with Crippen LogP contribution in [0.15, 0.2) is 24.3 Å². The van der Waals surface area contributed by atoms with E-state index in [9.17, 15) is 8.42 Å². The van der Waals surface area contributed by atoms with Crippen molar-refractivity contribution < 1.29 is 8.42 Å². The molecule has 7 heteroatoms. The topological polar surface area (TPSA) is 108 Å². The quantitative estimate of drug-likeness (QED) is 0.455. The third-order valence-electron chi connectivity index (χ3n) is 2.13. The lowest BCUT2D eigenvalue weighted by Crippen LogP contribution is -2.32. The summed E-state index contributed by atoms with van der Waals surface area (Å²) in [5.41, 5.74) is 6.28. The van der Waals surface area contributed by atoms with Gasteiger partial charge >= 0.3 is 0 Å². The Hall–Kier alpha value is -1.60. The lowest BCUT2D eigenvalue weighted by Gasteiger charge is -2.11. The minimum Gasteiger partial charge on any atom is -0.384 e. The summed E-state index contributed by atoms with van der Waals surface area (Å²) >= 11 is 0. The van der Waals surface area contributed by atoms with E-state index in [0.717, 1.165) is 0 Å². The van der Waals surface area contributed by atoms with Gasteiger partial charge in [-0.2, -0.15) is 13.1 Å². The lowest BCUT2D eigenvalue weighted by atomic mass is 10.2. The molecule has 18 heavy (non-hydrogen) atoms. The zero-order chi connectivity index (χ0) is 13.8. The highest BCUT2D eigenvalue weighted by atomic mass is 32.2. The van der Waals surface area contributed by atoms with E-state index < -0.39 is 10.2 Å². The normalized spacial score (nSPS) is 11.5. The predicted molar refractivity (Wildman–Crippen MR) is 72.8 cm³/mol. The molecule has 1 rings (SSSR count). The van der Waals surface area contributed by atoms with Crippen molar-refractivity contribution in [2.75, 3.05) is 11.3 Å². The monoisotopic (exact) mass is 270 g/mol. The van der Waals surface area contributed by atoms with Crippen LogP contribution in [0.2, 0.25) is 0 Å². The Balaban J connectivity index is 2.69. The third-order valence-corrected chi connectivity index (χ3v) is 3.18. The van der Waals surface area contributed by atoms with Crippen LogP contribution in [0.5, 0.6) is 0 Å². The van der Waals surface area contributed by atoms with Crippen molar-refractivity contribution in [2.45, 2.75) is 13.8 Å². The molecule has 0 radical (unpaired) electrons. The van der Waals surface area contributed by atoms with E-state index in [-0.39, 0.29) is 11.8 Å². The number of nitrogens with two attached hydrogens (primary N) is 1. The number of nitrogens with one attached hydrogen (secondary N) is 3. The van der Waals surface area contributed by atoms with E-state index in [4.69, 9.17) is 11.1 Å². The summed E-state index contributed by atoms with van der Waals surface area (Å²) in [7, 11) is -3.55. The largest absolute Gasteiger partial charge is 0.384 e. The zero-order valence-electron chi connectivity index (χ0n) is 10.4. The van der Waals surface area contributed by atoms with Crippen LogP contribution in [0.25, 0.3) is 0 Å². The van der Waals surface area contributed by atoms with Gasteiger partial charge in [-0.05, 0) is 30.2 Å². The Bertz CT molecular complexity index is 508. The van der Waals surface area contributed by atoms with E-state index in [1.165, 1.54) is 0 Å². The van der Waals surface area contributed by atoms with E-state index in [1.807, 2.05) is 13.8 Å². The second-order valence-corrected chi connectivity index (χ2v) is 5.84. The van der Waals surface area contributed by atoms with Gasteiger partial charge in [0.25, 0.3) is 10.2 Å². The number of hydrogen-bond donors (Lipinski definition) is 4. The molecule has 100 valence electrons. The second kappa shape index (κ2) is 5.83.